The lowest BCUT2D eigenvalue weighted by atomic mass is 10.2. The number of hydrogen-bond donors (Lipinski definition) is 2. The summed E-state index contributed by atoms with van der Waals surface area (Å²) in [5.74, 6) is 0.299. The highest BCUT2D eigenvalue weighted by Gasteiger charge is 2.09. The lowest BCUT2D eigenvalue weighted by Crippen LogP contribution is -2.24. The molecule has 1 heterocycles. The van der Waals surface area contributed by atoms with Crippen molar-refractivity contribution >= 4 is 0 Å². The van der Waals surface area contributed by atoms with Gasteiger partial charge in [0.25, 0.3) is 0 Å². The molecule has 0 radical (unpaired) electrons. The maximum Gasteiger partial charge on any atom is 0.0591 e. The van der Waals surface area contributed by atoms with Crippen molar-refractivity contribution in [2.24, 2.45) is 5.92 Å². The van der Waals surface area contributed by atoms with E-state index in [-0.39, 0.29) is 6.61 Å². The first-order chi connectivity index (χ1) is 4.43. The Morgan fingerprint density at radius 3 is 3.33 bits per heavy atom. The molecule has 0 unspecified atom stereocenters. The predicted molar refractivity (Wildman–Crippen MR) is 34.3 cm³/mol. The van der Waals surface area contributed by atoms with E-state index in [4.69, 9.17) is 9.84 Å². The van der Waals surface area contributed by atoms with Crippen molar-refractivity contribution in [3.8, 4) is 0 Å². The molecule has 1 aliphatic rings. The molecular weight excluding hydrogens is 118 g/mol. The molecule has 0 aromatic rings. The smallest absolute Gasteiger partial charge is 0.0591 e. The molecule has 0 spiro atoms. The minimum Gasteiger partial charge on any atom is -0.396 e. The van der Waals surface area contributed by atoms with Crippen LogP contribution in [0.3, 0.4) is 0 Å². The van der Waals surface area contributed by atoms with Crippen LogP contribution in [0.15, 0.2) is 0 Å². The zero-order chi connectivity index (χ0) is 6.53. The second kappa shape index (κ2) is 3.82. The van der Waals surface area contributed by atoms with Gasteiger partial charge in [-0.1, -0.05) is 0 Å². The predicted octanol–water partition coefficient (Wildman–Crippen LogP) is -0.785. The third-order valence-electron chi connectivity index (χ3n) is 1.47. The van der Waals surface area contributed by atoms with Crippen LogP contribution in [0.4, 0.5) is 0 Å². The average molecular weight is 131 g/mol. The number of aliphatic hydroxyl groups is 1. The Labute approximate surface area is 55.0 Å². The Balaban J connectivity index is 2.18. The van der Waals surface area contributed by atoms with Crippen LogP contribution >= 0.6 is 0 Å². The van der Waals surface area contributed by atoms with Crippen molar-refractivity contribution in [3.05, 3.63) is 0 Å². The molecular formula is C6H13NO2. The molecule has 0 saturated carbocycles. The highest BCUT2D eigenvalue weighted by atomic mass is 16.5. The van der Waals surface area contributed by atoms with E-state index in [2.05, 4.69) is 5.32 Å². The lowest BCUT2D eigenvalue weighted by molar-refractivity contribution is 0.0959. The van der Waals surface area contributed by atoms with Crippen molar-refractivity contribution < 1.29 is 9.84 Å². The zero-order valence-electron chi connectivity index (χ0n) is 5.47. The van der Waals surface area contributed by atoms with Crippen LogP contribution in [0, 0.1) is 5.92 Å². The Bertz CT molecular complexity index is 69.5. The van der Waals surface area contributed by atoms with E-state index < -0.39 is 0 Å². The summed E-state index contributed by atoms with van der Waals surface area (Å²) in [7, 11) is 0. The Hall–Kier alpha value is -0.120. The van der Waals surface area contributed by atoms with Gasteiger partial charge in [-0.2, -0.15) is 0 Å². The van der Waals surface area contributed by atoms with Gasteiger partial charge in [0.05, 0.1) is 13.2 Å². The van der Waals surface area contributed by atoms with Gasteiger partial charge in [0.1, 0.15) is 0 Å². The zero-order valence-corrected chi connectivity index (χ0v) is 5.47. The number of nitrogens with one attached hydrogen (secondary N) is 1. The first kappa shape index (κ1) is 6.99. The Morgan fingerprint density at radius 1 is 1.67 bits per heavy atom. The largest absolute Gasteiger partial charge is 0.396 e. The van der Waals surface area contributed by atoms with E-state index in [9.17, 15) is 0 Å². The fourth-order valence-electron chi connectivity index (χ4n) is 0.877. The van der Waals surface area contributed by atoms with Crippen LogP contribution in [0.5, 0.6) is 0 Å². The van der Waals surface area contributed by atoms with Crippen molar-refractivity contribution in [1.29, 1.82) is 0 Å². The molecule has 0 aliphatic carbocycles. The summed E-state index contributed by atoms with van der Waals surface area (Å²) in [6.45, 7) is 3.50. The van der Waals surface area contributed by atoms with Gasteiger partial charge in [0.2, 0.25) is 0 Å². The van der Waals surface area contributed by atoms with Gasteiger partial charge in [-0.05, 0) is 0 Å². The van der Waals surface area contributed by atoms with Crippen LogP contribution in [-0.2, 0) is 4.74 Å². The summed E-state index contributed by atoms with van der Waals surface area (Å²) in [4.78, 5) is 0. The quantitative estimate of drug-likeness (QED) is 0.490. The van der Waals surface area contributed by atoms with Gasteiger partial charge in [-0.25, -0.2) is 0 Å². The maximum atomic E-state index is 8.70. The summed E-state index contributed by atoms with van der Waals surface area (Å²) in [6, 6.07) is 0. The van der Waals surface area contributed by atoms with Gasteiger partial charge in [0, 0.05) is 25.6 Å². The summed E-state index contributed by atoms with van der Waals surface area (Å²) in [6.07, 6.45) is 0. The Morgan fingerprint density at radius 2 is 2.56 bits per heavy atom. The fourth-order valence-corrected chi connectivity index (χ4v) is 0.877. The minimum atomic E-state index is 0.229. The highest BCUT2D eigenvalue weighted by molar-refractivity contribution is 4.63. The molecule has 0 aromatic heterocycles. The second-order valence-corrected chi connectivity index (χ2v) is 2.33. The van der Waals surface area contributed by atoms with Crippen molar-refractivity contribution in [2.45, 2.75) is 0 Å². The van der Waals surface area contributed by atoms with Gasteiger partial charge < -0.3 is 15.2 Å². The minimum absolute atomic E-state index is 0.229. The van der Waals surface area contributed by atoms with Crippen molar-refractivity contribution in [2.75, 3.05) is 32.9 Å². The maximum absolute atomic E-state index is 8.70. The molecule has 3 nitrogen and oxygen atoms in total. The highest BCUT2D eigenvalue weighted by Crippen LogP contribution is 1.96. The molecule has 2 N–H and O–H groups in total. The van der Waals surface area contributed by atoms with Gasteiger partial charge in [-0.3, -0.25) is 0 Å². The van der Waals surface area contributed by atoms with Crippen LogP contribution in [0.25, 0.3) is 0 Å². The lowest BCUT2D eigenvalue weighted by Gasteiger charge is -2.07. The topological polar surface area (TPSA) is 41.5 Å². The van der Waals surface area contributed by atoms with E-state index in [1.807, 2.05) is 0 Å². The van der Waals surface area contributed by atoms with E-state index in [0.717, 1.165) is 19.7 Å². The average Bonchev–Trinajstić information content (AvgIpc) is 2.13. The first-order valence-corrected chi connectivity index (χ1v) is 3.33. The molecule has 0 amide bonds. The molecule has 1 aliphatic heterocycles. The molecule has 1 rings (SSSR count). The molecule has 3 heteroatoms. The van der Waals surface area contributed by atoms with Crippen LogP contribution in [0.1, 0.15) is 0 Å². The molecule has 1 atom stereocenters. The van der Waals surface area contributed by atoms with E-state index >= 15 is 0 Å². The number of ether oxygens (including phenoxy) is 1. The molecule has 1 saturated heterocycles. The second-order valence-electron chi connectivity index (χ2n) is 2.33. The number of aliphatic hydroxyl groups excluding tert-OH is 1. The van der Waals surface area contributed by atoms with Crippen molar-refractivity contribution in [1.82, 2.24) is 5.32 Å². The number of rotatable bonds is 1. The molecule has 0 aromatic carbocycles. The summed E-state index contributed by atoms with van der Waals surface area (Å²) in [5.41, 5.74) is 0. The standard InChI is InChI=1S/C6H13NO2/c8-4-6-3-7-1-2-9-5-6/h6-8H,1-5H2/t6-/m1/s1. The van der Waals surface area contributed by atoms with Crippen molar-refractivity contribution in [3.63, 3.8) is 0 Å². The SMILES string of the molecule is OC[C@H]1CNCCOC1. The van der Waals surface area contributed by atoms with Crippen LogP contribution < -0.4 is 5.32 Å². The van der Waals surface area contributed by atoms with Gasteiger partial charge in [0.15, 0.2) is 0 Å². The van der Waals surface area contributed by atoms with Gasteiger partial charge >= 0.3 is 0 Å². The van der Waals surface area contributed by atoms with E-state index in [1.165, 1.54) is 0 Å². The van der Waals surface area contributed by atoms with Gasteiger partial charge in [-0.15, -0.1) is 0 Å². The molecule has 9 heavy (non-hydrogen) atoms. The van der Waals surface area contributed by atoms with Crippen LogP contribution in [0.2, 0.25) is 0 Å². The van der Waals surface area contributed by atoms with Crippen LogP contribution in [-0.4, -0.2) is 38.0 Å². The molecule has 1 fully saturated rings. The third-order valence-corrected chi connectivity index (χ3v) is 1.47. The Kier molecular flexibility index (Phi) is 2.97. The molecule has 54 valence electrons. The van der Waals surface area contributed by atoms with E-state index in [0.29, 0.717) is 12.5 Å². The normalized spacial score (nSPS) is 29.7. The summed E-state index contributed by atoms with van der Waals surface area (Å²) >= 11 is 0. The monoisotopic (exact) mass is 131 g/mol. The molecule has 0 bridgehead atoms. The summed E-state index contributed by atoms with van der Waals surface area (Å²) in [5, 5.41) is 11.9. The third kappa shape index (κ3) is 2.30. The van der Waals surface area contributed by atoms with E-state index in [1.54, 1.807) is 0 Å². The number of hydrogen-bond acceptors (Lipinski definition) is 3. The fraction of sp³-hybridized carbons (Fsp3) is 1.00. The summed E-state index contributed by atoms with van der Waals surface area (Å²) < 4.78 is 5.18. The first-order valence-electron chi connectivity index (χ1n) is 3.33.